The predicted octanol–water partition coefficient (Wildman–Crippen LogP) is 6.71. The molecule has 0 radical (unpaired) electrons. The molecule has 1 aliphatic rings. The van der Waals surface area contributed by atoms with Crippen molar-refractivity contribution in [2.24, 2.45) is 0 Å². The molecule has 5 aromatic rings. The first-order valence-corrected chi connectivity index (χ1v) is 10.2. The summed E-state index contributed by atoms with van der Waals surface area (Å²) in [4.78, 5) is 7.01. The van der Waals surface area contributed by atoms with Gasteiger partial charge < -0.3 is 8.83 Å². The average molecular weight is 434 g/mol. The Hall–Kier alpha value is -4.34. The summed E-state index contributed by atoms with van der Waals surface area (Å²) in [5.74, 6) is 0. The lowest BCUT2D eigenvalue weighted by atomic mass is 10.1. The minimum absolute atomic E-state index is 0.540. The Kier molecular flexibility index (Phi) is 4.74. The fourth-order valence-electron chi connectivity index (χ4n) is 3.89. The van der Waals surface area contributed by atoms with Crippen LogP contribution in [-0.4, -0.2) is 0 Å². The first-order valence-electron chi connectivity index (χ1n) is 9.79. The summed E-state index contributed by atoms with van der Waals surface area (Å²) in [6.45, 7) is 16.3. The van der Waals surface area contributed by atoms with E-state index in [-0.39, 0.29) is 0 Å². The van der Waals surface area contributed by atoms with Gasteiger partial charge in [0, 0.05) is 10.8 Å². The number of nitrogens with zero attached hydrogens (tertiary/aromatic N) is 2. The first-order chi connectivity index (χ1) is 15.6. The Bertz CT molecular complexity index is 1770. The van der Waals surface area contributed by atoms with Crippen LogP contribution in [0.25, 0.3) is 54.4 Å². The molecule has 32 heavy (non-hydrogen) atoms. The fraction of sp³-hybridized carbons (Fsp3) is 0.0370. The van der Waals surface area contributed by atoms with Crippen LogP contribution in [0.15, 0.2) is 69.5 Å². The van der Waals surface area contributed by atoms with Crippen molar-refractivity contribution in [3.63, 3.8) is 0 Å². The van der Waals surface area contributed by atoms with Gasteiger partial charge in [-0.05, 0) is 30.7 Å². The molecular weight excluding hydrogens is 420 g/mol. The SMILES string of the molecule is [C-]#[N+]C1=c2c(oc3c(Cl)cccc23)=C[C+]=C1.[C-]#[N+]c1cccc2oc3c(C)cccc3c12. The van der Waals surface area contributed by atoms with E-state index in [2.05, 4.69) is 15.8 Å². The number of rotatable bonds is 0. The van der Waals surface area contributed by atoms with Gasteiger partial charge in [-0.2, -0.15) is 0 Å². The van der Waals surface area contributed by atoms with Gasteiger partial charge in [-0.1, -0.05) is 52.8 Å². The molecule has 6 rings (SSSR count). The molecule has 0 saturated carbocycles. The van der Waals surface area contributed by atoms with Gasteiger partial charge in [-0.3, -0.25) is 0 Å². The Morgan fingerprint density at radius 3 is 2.47 bits per heavy atom. The van der Waals surface area contributed by atoms with E-state index in [0.29, 0.717) is 27.4 Å². The van der Waals surface area contributed by atoms with Gasteiger partial charge in [-0.25, -0.2) is 4.85 Å². The number of allylic oxidation sites excluding steroid dienone is 1. The number of furan rings is 2. The van der Waals surface area contributed by atoms with Crippen LogP contribution in [0.3, 0.4) is 0 Å². The summed E-state index contributed by atoms with van der Waals surface area (Å²) in [6.07, 6.45) is 6.27. The molecule has 150 valence electrons. The molecule has 5 heteroatoms. The molecule has 0 aliphatic heterocycles. The highest BCUT2D eigenvalue weighted by atomic mass is 35.5. The maximum atomic E-state index is 7.18. The molecule has 0 fully saturated rings. The van der Waals surface area contributed by atoms with Crippen molar-refractivity contribution in [1.82, 2.24) is 0 Å². The van der Waals surface area contributed by atoms with E-state index in [1.165, 1.54) is 0 Å². The maximum absolute atomic E-state index is 7.18. The molecule has 2 aromatic heterocycles. The largest absolute Gasteiger partial charge is 0.457 e. The first kappa shape index (κ1) is 19.6. The smallest absolute Gasteiger partial charge is 0.435 e. The molecule has 0 N–H and O–H groups in total. The number of fused-ring (bicyclic) bond motifs is 6. The summed E-state index contributed by atoms with van der Waals surface area (Å²) in [6, 6.07) is 17.1. The molecular formula is C27H14ClN2O2+. The van der Waals surface area contributed by atoms with E-state index >= 15 is 0 Å². The minimum Gasteiger partial charge on any atom is -0.457 e. The van der Waals surface area contributed by atoms with Gasteiger partial charge in [0.15, 0.2) is 17.3 Å². The fourth-order valence-corrected chi connectivity index (χ4v) is 4.10. The average Bonchev–Trinajstić information content (AvgIpc) is 3.40. The summed E-state index contributed by atoms with van der Waals surface area (Å²) >= 11 is 6.04. The van der Waals surface area contributed by atoms with Crippen molar-refractivity contribution in [2.45, 2.75) is 6.92 Å². The van der Waals surface area contributed by atoms with Gasteiger partial charge >= 0.3 is 5.70 Å². The lowest BCUT2D eigenvalue weighted by molar-refractivity contribution is 0.575. The molecule has 3 aromatic carbocycles. The second-order valence-electron chi connectivity index (χ2n) is 7.23. The molecule has 0 bridgehead atoms. The van der Waals surface area contributed by atoms with Crippen LogP contribution in [0, 0.1) is 26.1 Å². The standard InChI is InChI=1S/C14H9NO.C13H5ClNO/c1-9-5-3-6-10-13-11(15-2)7-4-8-12(13)16-14(9)10;1-15-10-6-3-7-11-12(10)8-4-2-5-9(14)13(8)16-11/h3-8H,1H3;2,4-7H/q;+1. The minimum atomic E-state index is 0.540. The number of hydrogen-bond acceptors (Lipinski definition) is 2. The zero-order chi connectivity index (χ0) is 22.2. The number of para-hydroxylation sites is 2. The van der Waals surface area contributed by atoms with Crippen molar-refractivity contribution in [3.8, 4) is 0 Å². The second-order valence-corrected chi connectivity index (χ2v) is 7.63. The molecule has 1 aliphatic carbocycles. The highest BCUT2D eigenvalue weighted by Gasteiger charge is 2.23. The van der Waals surface area contributed by atoms with Gasteiger partial charge in [0.2, 0.25) is 5.22 Å². The van der Waals surface area contributed by atoms with Crippen molar-refractivity contribution < 1.29 is 8.83 Å². The number of halogens is 1. The third-order valence-corrected chi connectivity index (χ3v) is 5.62. The summed E-state index contributed by atoms with van der Waals surface area (Å²) in [5.41, 5.74) is 5.25. The van der Waals surface area contributed by atoms with E-state index < -0.39 is 0 Å². The van der Waals surface area contributed by atoms with Crippen LogP contribution in [0.2, 0.25) is 5.02 Å². The van der Waals surface area contributed by atoms with Crippen molar-refractivity contribution in [3.05, 3.63) is 111 Å². The molecule has 4 nitrogen and oxygen atoms in total. The van der Waals surface area contributed by atoms with E-state index in [1.54, 1.807) is 18.2 Å². The van der Waals surface area contributed by atoms with Crippen LogP contribution >= 0.6 is 11.6 Å². The van der Waals surface area contributed by atoms with Crippen LogP contribution in [0.5, 0.6) is 0 Å². The van der Waals surface area contributed by atoms with E-state index in [1.807, 2.05) is 55.5 Å². The topological polar surface area (TPSA) is 35.0 Å². The second kappa shape index (κ2) is 7.73. The van der Waals surface area contributed by atoms with Crippen molar-refractivity contribution in [1.29, 1.82) is 0 Å². The lowest BCUT2D eigenvalue weighted by Crippen LogP contribution is -2.23. The van der Waals surface area contributed by atoms with E-state index in [4.69, 9.17) is 33.6 Å². The third-order valence-electron chi connectivity index (χ3n) is 5.32. The lowest BCUT2D eigenvalue weighted by Gasteiger charge is -1.93. The van der Waals surface area contributed by atoms with Gasteiger partial charge in [0.25, 0.3) is 5.42 Å². The maximum Gasteiger partial charge on any atom is 0.435 e. The van der Waals surface area contributed by atoms with E-state index in [9.17, 15) is 0 Å². The van der Waals surface area contributed by atoms with Crippen LogP contribution in [-0.2, 0) is 0 Å². The predicted molar refractivity (Wildman–Crippen MR) is 127 cm³/mol. The molecule has 0 atom stereocenters. The Labute approximate surface area is 188 Å². The molecule has 0 saturated heterocycles. The highest BCUT2D eigenvalue weighted by Crippen LogP contribution is 2.36. The third kappa shape index (κ3) is 3.04. The van der Waals surface area contributed by atoms with Crippen LogP contribution in [0.4, 0.5) is 5.69 Å². The number of hydrogen-bond donors (Lipinski definition) is 0. The van der Waals surface area contributed by atoms with Crippen molar-refractivity contribution >= 4 is 62.0 Å². The Morgan fingerprint density at radius 2 is 1.66 bits per heavy atom. The Balaban J connectivity index is 0.000000135. The van der Waals surface area contributed by atoms with Gasteiger partial charge in [-0.15, -0.1) is 0 Å². The summed E-state index contributed by atoms with van der Waals surface area (Å²) < 4.78 is 11.4. The van der Waals surface area contributed by atoms with Crippen LogP contribution in [0.1, 0.15) is 5.56 Å². The van der Waals surface area contributed by atoms with Crippen LogP contribution < -0.4 is 10.6 Å². The monoisotopic (exact) mass is 433 g/mol. The molecule has 0 spiro atoms. The quantitative estimate of drug-likeness (QED) is 0.254. The highest BCUT2D eigenvalue weighted by molar-refractivity contribution is 6.34. The van der Waals surface area contributed by atoms with E-state index in [0.717, 1.165) is 38.1 Å². The van der Waals surface area contributed by atoms with Crippen molar-refractivity contribution in [2.75, 3.05) is 0 Å². The zero-order valence-corrected chi connectivity index (χ0v) is 17.7. The number of benzene rings is 3. The Morgan fingerprint density at radius 1 is 0.875 bits per heavy atom. The summed E-state index contributed by atoms with van der Waals surface area (Å²) in [5, 5.41) is 4.20. The zero-order valence-electron chi connectivity index (χ0n) is 16.9. The van der Waals surface area contributed by atoms with Gasteiger partial charge in [0.05, 0.1) is 23.1 Å². The molecule has 0 amide bonds. The normalized spacial score (nSPS) is 11.8. The summed E-state index contributed by atoms with van der Waals surface area (Å²) in [7, 11) is 0. The number of aryl methyl sites for hydroxylation is 1. The molecule has 0 unspecified atom stereocenters. The molecule has 2 heterocycles. The van der Waals surface area contributed by atoms with Gasteiger partial charge in [0.1, 0.15) is 23.8 Å².